The van der Waals surface area contributed by atoms with E-state index in [4.69, 9.17) is 0 Å². The average Bonchev–Trinajstić information content (AvgIpc) is 2.63. The maximum atomic E-state index is 3.76. The summed E-state index contributed by atoms with van der Waals surface area (Å²) in [7, 11) is 0. The van der Waals surface area contributed by atoms with Gasteiger partial charge in [0.2, 0.25) is 0 Å². The summed E-state index contributed by atoms with van der Waals surface area (Å²) in [5.41, 5.74) is 2.60. The number of hydrogen-bond acceptors (Lipinski definition) is 1. The zero-order valence-electron chi connectivity index (χ0n) is 8.51. The van der Waals surface area contributed by atoms with Gasteiger partial charge in [0.25, 0.3) is 0 Å². The Morgan fingerprint density at radius 1 is 1.19 bits per heavy atom. The summed E-state index contributed by atoms with van der Waals surface area (Å²) in [6.07, 6.45) is 0. The number of halogens is 3. The Kier molecular flexibility index (Phi) is 4.27. The third-order valence-electron chi connectivity index (χ3n) is 2.38. The van der Waals surface area contributed by atoms with E-state index in [1.807, 2.05) is 0 Å². The summed E-state index contributed by atoms with van der Waals surface area (Å²) >= 11 is 12.6. The molecule has 0 amide bonds. The maximum Gasteiger partial charge on any atom is 0.0751 e. The second-order valence-electron chi connectivity index (χ2n) is 3.50. The highest BCUT2D eigenvalue weighted by atomic mass is 79.9. The molecule has 1 heterocycles. The molecule has 16 heavy (non-hydrogen) atoms. The van der Waals surface area contributed by atoms with Crippen molar-refractivity contribution < 1.29 is 0 Å². The van der Waals surface area contributed by atoms with Gasteiger partial charge in [-0.25, -0.2) is 0 Å². The van der Waals surface area contributed by atoms with Crippen LogP contribution in [0.5, 0.6) is 0 Å². The molecule has 2 aromatic rings. The summed E-state index contributed by atoms with van der Waals surface area (Å²) in [5.74, 6) is 0. The molecule has 0 spiro atoms. The van der Waals surface area contributed by atoms with E-state index in [1.54, 1.807) is 11.3 Å². The summed E-state index contributed by atoms with van der Waals surface area (Å²) in [6, 6.07) is 8.47. The number of hydrogen-bond donors (Lipinski definition) is 0. The van der Waals surface area contributed by atoms with Gasteiger partial charge in [0.15, 0.2) is 0 Å². The van der Waals surface area contributed by atoms with Crippen molar-refractivity contribution in [3.8, 4) is 0 Å². The Hall–Kier alpha value is 0.360. The first-order valence-corrected chi connectivity index (χ1v) is 8.10. The van der Waals surface area contributed by atoms with E-state index in [1.165, 1.54) is 20.5 Å². The van der Waals surface area contributed by atoms with Gasteiger partial charge in [0.1, 0.15) is 0 Å². The first-order chi connectivity index (χ1) is 7.59. The molecule has 0 fully saturated rings. The lowest BCUT2D eigenvalue weighted by Crippen LogP contribution is -1.94. The van der Waals surface area contributed by atoms with Crippen molar-refractivity contribution in [1.29, 1.82) is 0 Å². The zero-order valence-corrected chi connectivity index (χ0v) is 14.1. The van der Waals surface area contributed by atoms with Crippen LogP contribution in [-0.4, -0.2) is 0 Å². The van der Waals surface area contributed by atoms with Gasteiger partial charge < -0.3 is 0 Å². The van der Waals surface area contributed by atoms with Gasteiger partial charge in [-0.1, -0.05) is 37.9 Å². The highest BCUT2D eigenvalue weighted by molar-refractivity contribution is 9.11. The number of thiophene rings is 1. The van der Waals surface area contributed by atoms with E-state index in [2.05, 4.69) is 84.4 Å². The minimum Gasteiger partial charge on any atom is -0.146 e. The Morgan fingerprint density at radius 2 is 1.94 bits per heavy atom. The molecule has 84 valence electrons. The van der Waals surface area contributed by atoms with Crippen LogP contribution in [-0.2, 0) is 0 Å². The standard InChI is InChI=1S/C12H9Br3S/c1-7-6-8(13)2-3-9(7)11(15)12-10(14)4-5-16-12/h2-6,11H,1H3. The number of alkyl halides is 1. The Bertz CT molecular complexity index is 505. The smallest absolute Gasteiger partial charge is 0.0751 e. The van der Waals surface area contributed by atoms with Gasteiger partial charge in [-0.15, -0.1) is 11.3 Å². The lowest BCUT2D eigenvalue weighted by Gasteiger charge is -2.12. The van der Waals surface area contributed by atoms with E-state index in [9.17, 15) is 0 Å². The fourth-order valence-electron chi connectivity index (χ4n) is 1.55. The third kappa shape index (κ3) is 2.61. The zero-order chi connectivity index (χ0) is 11.7. The molecule has 0 bridgehead atoms. The van der Waals surface area contributed by atoms with Gasteiger partial charge in [-0.3, -0.25) is 0 Å². The molecule has 4 heteroatoms. The Labute approximate surface area is 124 Å². The average molecular weight is 425 g/mol. The van der Waals surface area contributed by atoms with Gasteiger partial charge in [-0.2, -0.15) is 0 Å². The highest BCUT2D eigenvalue weighted by Crippen LogP contribution is 2.40. The SMILES string of the molecule is Cc1cc(Br)ccc1C(Br)c1sccc1Br. The topological polar surface area (TPSA) is 0 Å². The number of benzene rings is 1. The molecule has 0 aliphatic carbocycles. The second kappa shape index (κ2) is 5.34. The van der Waals surface area contributed by atoms with Crippen molar-refractivity contribution in [3.63, 3.8) is 0 Å². The molecule has 0 saturated carbocycles. The van der Waals surface area contributed by atoms with E-state index in [-0.39, 0.29) is 4.83 Å². The molecule has 0 saturated heterocycles. The molecule has 0 radical (unpaired) electrons. The molecule has 0 aliphatic rings. The van der Waals surface area contributed by atoms with Crippen LogP contribution in [0.1, 0.15) is 20.8 Å². The van der Waals surface area contributed by atoms with E-state index < -0.39 is 0 Å². The highest BCUT2D eigenvalue weighted by Gasteiger charge is 2.16. The van der Waals surface area contributed by atoms with Crippen molar-refractivity contribution in [2.45, 2.75) is 11.8 Å². The van der Waals surface area contributed by atoms with Crippen LogP contribution in [0, 0.1) is 6.92 Å². The lowest BCUT2D eigenvalue weighted by molar-refractivity contribution is 1.17. The molecule has 1 aromatic heterocycles. The van der Waals surface area contributed by atoms with Crippen molar-refractivity contribution in [3.05, 3.63) is 54.6 Å². The van der Waals surface area contributed by atoms with Gasteiger partial charge in [-0.05, 0) is 57.6 Å². The van der Waals surface area contributed by atoms with Crippen LogP contribution in [0.2, 0.25) is 0 Å². The van der Waals surface area contributed by atoms with Crippen LogP contribution >= 0.6 is 59.1 Å². The van der Waals surface area contributed by atoms with Crippen LogP contribution in [0.4, 0.5) is 0 Å². The van der Waals surface area contributed by atoms with Crippen molar-refractivity contribution >= 4 is 59.1 Å². The molecule has 2 rings (SSSR count). The predicted molar refractivity (Wildman–Crippen MR) is 81.7 cm³/mol. The molecule has 0 N–H and O–H groups in total. The summed E-state index contributed by atoms with van der Waals surface area (Å²) in [5, 5.41) is 2.10. The van der Waals surface area contributed by atoms with E-state index in [0.717, 1.165) is 4.47 Å². The van der Waals surface area contributed by atoms with Crippen LogP contribution in [0.15, 0.2) is 38.6 Å². The van der Waals surface area contributed by atoms with Crippen LogP contribution in [0.25, 0.3) is 0 Å². The van der Waals surface area contributed by atoms with E-state index >= 15 is 0 Å². The first kappa shape index (κ1) is 12.8. The van der Waals surface area contributed by atoms with Crippen LogP contribution < -0.4 is 0 Å². The molecule has 1 unspecified atom stereocenters. The largest absolute Gasteiger partial charge is 0.146 e. The predicted octanol–water partition coefficient (Wildman–Crippen LogP) is 6.07. The van der Waals surface area contributed by atoms with E-state index in [0.29, 0.717) is 0 Å². The van der Waals surface area contributed by atoms with Crippen molar-refractivity contribution in [2.24, 2.45) is 0 Å². The summed E-state index contributed by atoms with van der Waals surface area (Å²) in [4.78, 5) is 1.57. The summed E-state index contributed by atoms with van der Waals surface area (Å²) < 4.78 is 2.29. The maximum absolute atomic E-state index is 3.76. The lowest BCUT2D eigenvalue weighted by atomic mass is 10.1. The fraction of sp³-hybridized carbons (Fsp3) is 0.167. The molecule has 0 nitrogen and oxygen atoms in total. The monoisotopic (exact) mass is 422 g/mol. The Morgan fingerprint density at radius 3 is 2.50 bits per heavy atom. The molecule has 1 aromatic carbocycles. The normalized spacial score (nSPS) is 12.8. The number of rotatable bonds is 2. The summed E-state index contributed by atoms with van der Waals surface area (Å²) in [6.45, 7) is 2.13. The van der Waals surface area contributed by atoms with Crippen LogP contribution in [0.3, 0.4) is 0 Å². The van der Waals surface area contributed by atoms with Gasteiger partial charge in [0.05, 0.1) is 4.83 Å². The molecule has 1 atom stereocenters. The fourth-order valence-corrected chi connectivity index (χ4v) is 5.01. The Balaban J connectivity index is 2.41. The first-order valence-electron chi connectivity index (χ1n) is 4.72. The minimum absolute atomic E-state index is 0.259. The quantitative estimate of drug-likeness (QED) is 0.513. The van der Waals surface area contributed by atoms with Crippen molar-refractivity contribution in [2.75, 3.05) is 0 Å². The third-order valence-corrected chi connectivity index (χ3v) is 6.06. The molecule has 0 aliphatic heterocycles. The second-order valence-corrected chi connectivity index (χ2v) is 7.13. The molecular formula is C12H9Br3S. The van der Waals surface area contributed by atoms with Gasteiger partial charge in [0, 0.05) is 13.8 Å². The van der Waals surface area contributed by atoms with Gasteiger partial charge >= 0.3 is 0 Å². The number of aryl methyl sites for hydroxylation is 1. The van der Waals surface area contributed by atoms with Crippen molar-refractivity contribution in [1.82, 2.24) is 0 Å². The minimum atomic E-state index is 0.259. The molecular weight excluding hydrogens is 416 g/mol.